The van der Waals surface area contributed by atoms with Crippen LogP contribution >= 0.6 is 15.9 Å². The van der Waals surface area contributed by atoms with Gasteiger partial charge in [-0.05, 0) is 103 Å². The Morgan fingerprint density at radius 3 is 2.38 bits per heavy atom. The van der Waals surface area contributed by atoms with Crippen LogP contribution in [0, 0.1) is 20.8 Å². The van der Waals surface area contributed by atoms with Crippen molar-refractivity contribution in [3.8, 4) is 11.5 Å². The maximum atomic E-state index is 13.3. The molecule has 0 aromatic heterocycles. The summed E-state index contributed by atoms with van der Waals surface area (Å²) in [6, 6.07) is 14.9. The van der Waals surface area contributed by atoms with Gasteiger partial charge in [0, 0.05) is 5.69 Å². The SMILES string of the molecule is CCOc1cc(/C=C2\C(=O)NC(=O)N(c3ccc(C)c(C)c3)C2=O)cc(Br)c1OCC(=O)Nc1ccc(C)cc1. The summed E-state index contributed by atoms with van der Waals surface area (Å²) in [4.78, 5) is 51.9. The van der Waals surface area contributed by atoms with Gasteiger partial charge in [0.1, 0.15) is 5.57 Å². The number of imide groups is 2. The quantitative estimate of drug-likeness (QED) is 0.260. The lowest BCUT2D eigenvalue weighted by molar-refractivity contribution is -0.122. The number of urea groups is 1. The van der Waals surface area contributed by atoms with Gasteiger partial charge in [-0.1, -0.05) is 23.8 Å². The van der Waals surface area contributed by atoms with Gasteiger partial charge in [0.2, 0.25) is 0 Å². The highest BCUT2D eigenvalue weighted by Gasteiger charge is 2.37. The highest BCUT2D eigenvalue weighted by Crippen LogP contribution is 2.38. The van der Waals surface area contributed by atoms with Crippen molar-refractivity contribution in [2.24, 2.45) is 0 Å². The molecular formula is C30H28BrN3O6. The average Bonchev–Trinajstić information content (AvgIpc) is 2.89. The topological polar surface area (TPSA) is 114 Å². The molecule has 1 aliphatic rings. The van der Waals surface area contributed by atoms with Gasteiger partial charge in [-0.25, -0.2) is 9.69 Å². The Labute approximate surface area is 240 Å². The second-order valence-corrected chi connectivity index (χ2v) is 10.0. The number of aryl methyl sites for hydroxylation is 3. The molecule has 1 saturated heterocycles. The molecule has 3 aromatic carbocycles. The van der Waals surface area contributed by atoms with E-state index in [1.165, 1.54) is 6.08 Å². The highest BCUT2D eigenvalue weighted by molar-refractivity contribution is 9.10. The molecule has 2 N–H and O–H groups in total. The molecular weight excluding hydrogens is 578 g/mol. The summed E-state index contributed by atoms with van der Waals surface area (Å²) >= 11 is 3.44. The molecule has 0 atom stereocenters. The van der Waals surface area contributed by atoms with Crippen molar-refractivity contribution < 1.29 is 28.7 Å². The van der Waals surface area contributed by atoms with Crippen molar-refractivity contribution in [3.63, 3.8) is 0 Å². The summed E-state index contributed by atoms with van der Waals surface area (Å²) in [6.45, 7) is 7.56. The first-order chi connectivity index (χ1) is 19.1. The zero-order valence-corrected chi connectivity index (χ0v) is 24.0. The Hall–Kier alpha value is -4.44. The molecule has 0 unspecified atom stereocenters. The Kier molecular flexibility index (Phi) is 8.69. The van der Waals surface area contributed by atoms with Gasteiger partial charge in [-0.3, -0.25) is 19.7 Å². The van der Waals surface area contributed by atoms with Gasteiger partial charge < -0.3 is 14.8 Å². The minimum absolute atomic E-state index is 0.224. The number of benzene rings is 3. The van der Waals surface area contributed by atoms with E-state index in [1.54, 1.807) is 49.4 Å². The zero-order valence-electron chi connectivity index (χ0n) is 22.5. The van der Waals surface area contributed by atoms with Crippen molar-refractivity contribution in [2.75, 3.05) is 23.4 Å². The molecule has 1 fully saturated rings. The van der Waals surface area contributed by atoms with Crippen LogP contribution in [0.15, 0.2) is 64.6 Å². The molecule has 5 amide bonds. The van der Waals surface area contributed by atoms with Crippen LogP contribution in [0.1, 0.15) is 29.2 Å². The van der Waals surface area contributed by atoms with Crippen molar-refractivity contribution in [1.82, 2.24) is 5.32 Å². The van der Waals surface area contributed by atoms with E-state index >= 15 is 0 Å². The second kappa shape index (κ2) is 12.2. The minimum atomic E-state index is -0.820. The number of hydrogen-bond donors (Lipinski definition) is 2. The Bertz CT molecular complexity index is 1530. The first-order valence-electron chi connectivity index (χ1n) is 12.5. The van der Waals surface area contributed by atoms with E-state index in [-0.39, 0.29) is 23.8 Å². The Balaban J connectivity index is 1.58. The molecule has 0 radical (unpaired) electrons. The fraction of sp³-hybridized carbons (Fsp3) is 0.200. The molecule has 0 bridgehead atoms. The molecule has 0 aliphatic carbocycles. The maximum Gasteiger partial charge on any atom is 0.335 e. The molecule has 40 heavy (non-hydrogen) atoms. The predicted molar refractivity (Wildman–Crippen MR) is 156 cm³/mol. The predicted octanol–water partition coefficient (Wildman–Crippen LogP) is 5.46. The van der Waals surface area contributed by atoms with Crippen LogP contribution in [0.4, 0.5) is 16.2 Å². The van der Waals surface area contributed by atoms with Gasteiger partial charge in [-0.2, -0.15) is 0 Å². The minimum Gasteiger partial charge on any atom is -0.490 e. The van der Waals surface area contributed by atoms with Crippen molar-refractivity contribution in [3.05, 3.63) is 86.9 Å². The maximum absolute atomic E-state index is 13.3. The molecule has 4 rings (SSSR count). The number of nitrogens with one attached hydrogen (secondary N) is 2. The molecule has 1 aliphatic heterocycles. The average molecular weight is 606 g/mol. The summed E-state index contributed by atoms with van der Waals surface area (Å²) in [5, 5.41) is 5.00. The zero-order chi connectivity index (χ0) is 29.0. The fourth-order valence-corrected chi connectivity index (χ4v) is 4.54. The number of amides is 5. The van der Waals surface area contributed by atoms with Crippen molar-refractivity contribution in [2.45, 2.75) is 27.7 Å². The lowest BCUT2D eigenvalue weighted by Crippen LogP contribution is -2.54. The standard InChI is InChI=1S/C30H28BrN3O6/c1-5-39-25-15-20(14-24(31)27(25)40-16-26(35)32-21-9-6-17(2)7-10-21)13-23-28(36)33-30(38)34(29(23)37)22-11-8-18(3)19(4)12-22/h6-15H,5,16H2,1-4H3,(H,32,35)(H,33,36,38)/b23-13+. The highest BCUT2D eigenvalue weighted by atomic mass is 79.9. The number of carbonyl (C=O) groups is 4. The lowest BCUT2D eigenvalue weighted by Gasteiger charge is -2.27. The third-order valence-corrected chi connectivity index (χ3v) is 6.77. The van der Waals surface area contributed by atoms with Gasteiger partial charge in [0.25, 0.3) is 17.7 Å². The smallest absolute Gasteiger partial charge is 0.335 e. The van der Waals surface area contributed by atoms with E-state index in [4.69, 9.17) is 9.47 Å². The van der Waals surface area contributed by atoms with Crippen LogP contribution in [0.25, 0.3) is 6.08 Å². The number of halogens is 1. The number of rotatable bonds is 8. The number of nitrogens with zero attached hydrogens (tertiary/aromatic N) is 1. The van der Waals surface area contributed by atoms with Crippen LogP contribution in [0.5, 0.6) is 11.5 Å². The third-order valence-electron chi connectivity index (χ3n) is 6.18. The van der Waals surface area contributed by atoms with E-state index in [2.05, 4.69) is 26.6 Å². The number of barbiturate groups is 1. The summed E-state index contributed by atoms with van der Waals surface area (Å²) < 4.78 is 11.9. The first-order valence-corrected chi connectivity index (χ1v) is 13.3. The van der Waals surface area contributed by atoms with Crippen LogP contribution in [0.2, 0.25) is 0 Å². The van der Waals surface area contributed by atoms with Crippen molar-refractivity contribution in [1.29, 1.82) is 0 Å². The molecule has 10 heteroatoms. The number of carbonyl (C=O) groups excluding carboxylic acids is 4. The van der Waals surface area contributed by atoms with Crippen molar-refractivity contribution >= 4 is 57.1 Å². The monoisotopic (exact) mass is 605 g/mol. The second-order valence-electron chi connectivity index (χ2n) is 9.19. The molecule has 206 valence electrons. The molecule has 1 heterocycles. The number of anilines is 2. The Morgan fingerprint density at radius 2 is 1.70 bits per heavy atom. The molecule has 3 aromatic rings. The third kappa shape index (κ3) is 6.40. The lowest BCUT2D eigenvalue weighted by atomic mass is 10.0. The van der Waals surface area contributed by atoms with Crippen LogP contribution in [0.3, 0.4) is 0 Å². The summed E-state index contributed by atoms with van der Waals surface area (Å²) in [7, 11) is 0. The Morgan fingerprint density at radius 1 is 0.975 bits per heavy atom. The number of hydrogen-bond acceptors (Lipinski definition) is 6. The first kappa shape index (κ1) is 28.6. The van der Waals surface area contributed by atoms with Gasteiger partial charge in [0.05, 0.1) is 16.8 Å². The van der Waals surface area contributed by atoms with E-state index in [9.17, 15) is 19.2 Å². The van der Waals surface area contributed by atoms with Gasteiger partial charge >= 0.3 is 6.03 Å². The largest absolute Gasteiger partial charge is 0.490 e. The van der Waals surface area contributed by atoms with E-state index < -0.39 is 17.8 Å². The van der Waals surface area contributed by atoms with Crippen LogP contribution < -0.4 is 25.0 Å². The van der Waals surface area contributed by atoms with E-state index in [0.29, 0.717) is 33.8 Å². The fourth-order valence-electron chi connectivity index (χ4n) is 3.97. The summed E-state index contributed by atoms with van der Waals surface area (Å²) in [5.41, 5.74) is 4.20. The van der Waals surface area contributed by atoms with Gasteiger partial charge in [0.15, 0.2) is 18.1 Å². The molecule has 0 saturated carbocycles. The van der Waals surface area contributed by atoms with E-state index in [1.807, 2.05) is 32.9 Å². The van der Waals surface area contributed by atoms with Crippen LogP contribution in [-0.4, -0.2) is 37.0 Å². The van der Waals surface area contributed by atoms with Crippen LogP contribution in [-0.2, 0) is 14.4 Å². The normalized spacial score (nSPS) is 14.3. The summed E-state index contributed by atoms with van der Waals surface area (Å²) in [5.74, 6) is -1.33. The summed E-state index contributed by atoms with van der Waals surface area (Å²) in [6.07, 6.45) is 1.37. The van der Waals surface area contributed by atoms with E-state index in [0.717, 1.165) is 21.6 Å². The molecule has 9 nitrogen and oxygen atoms in total. The molecule has 0 spiro atoms. The number of ether oxygens (including phenoxy) is 2. The van der Waals surface area contributed by atoms with Gasteiger partial charge in [-0.15, -0.1) is 0 Å².